The number of Topliss-reactive ketones (excluding diaryl/α,β-unsaturated/α-hetero) is 1. The van der Waals surface area contributed by atoms with Crippen LogP contribution in [0.5, 0.6) is 0 Å². The van der Waals surface area contributed by atoms with E-state index in [0.717, 1.165) is 10.7 Å². The fourth-order valence-electron chi connectivity index (χ4n) is 1.10. The smallest absolute Gasteiger partial charge is 0.224 e. The molecule has 1 amide bonds. The lowest BCUT2D eigenvalue weighted by Gasteiger charge is -2.17. The molecule has 0 saturated carbocycles. The van der Waals surface area contributed by atoms with Crippen LogP contribution in [0, 0.1) is 6.92 Å². The SMILES string of the molecule is CC(=O)CN(C(C)=O)c1scnc1C. The topological polar surface area (TPSA) is 50.3 Å². The molecule has 1 rings (SSSR count). The van der Waals surface area contributed by atoms with Gasteiger partial charge in [0.25, 0.3) is 0 Å². The minimum atomic E-state index is -0.132. The average Bonchev–Trinajstić information content (AvgIpc) is 2.46. The Kier molecular flexibility index (Phi) is 3.35. The number of thiazole rings is 1. The van der Waals surface area contributed by atoms with Crippen molar-refractivity contribution in [2.45, 2.75) is 20.8 Å². The molecule has 0 aliphatic carbocycles. The molecule has 5 heteroatoms. The third-order valence-electron chi connectivity index (χ3n) is 1.73. The first-order valence-electron chi connectivity index (χ1n) is 4.20. The highest BCUT2D eigenvalue weighted by molar-refractivity contribution is 7.14. The summed E-state index contributed by atoms with van der Waals surface area (Å²) >= 11 is 1.37. The van der Waals surface area contributed by atoms with E-state index in [9.17, 15) is 9.59 Å². The van der Waals surface area contributed by atoms with Gasteiger partial charge in [0, 0.05) is 6.92 Å². The van der Waals surface area contributed by atoms with Crippen molar-refractivity contribution in [3.63, 3.8) is 0 Å². The number of carbonyl (C=O) groups excluding carboxylic acids is 2. The van der Waals surface area contributed by atoms with Crippen LogP contribution in [0.4, 0.5) is 5.00 Å². The maximum Gasteiger partial charge on any atom is 0.224 e. The zero-order valence-electron chi connectivity index (χ0n) is 8.40. The Bertz CT molecular complexity index is 359. The van der Waals surface area contributed by atoms with Crippen LogP contribution in [0.15, 0.2) is 5.51 Å². The lowest BCUT2D eigenvalue weighted by Crippen LogP contribution is -2.32. The number of rotatable bonds is 3. The predicted molar refractivity (Wildman–Crippen MR) is 55.6 cm³/mol. The summed E-state index contributed by atoms with van der Waals surface area (Å²) in [6.45, 7) is 4.86. The first-order valence-corrected chi connectivity index (χ1v) is 5.08. The molecule has 4 nitrogen and oxygen atoms in total. The molecule has 1 aromatic rings. The molecule has 0 N–H and O–H groups in total. The Labute approximate surface area is 86.6 Å². The van der Waals surface area contributed by atoms with Gasteiger partial charge in [-0.3, -0.25) is 14.5 Å². The van der Waals surface area contributed by atoms with E-state index in [4.69, 9.17) is 0 Å². The van der Waals surface area contributed by atoms with E-state index < -0.39 is 0 Å². The first-order chi connectivity index (χ1) is 6.52. The predicted octanol–water partition coefficient (Wildman–Crippen LogP) is 1.39. The normalized spacial score (nSPS) is 9.93. The summed E-state index contributed by atoms with van der Waals surface area (Å²) in [5, 5.41) is 0.757. The number of aromatic nitrogens is 1. The Morgan fingerprint density at radius 2 is 2.14 bits per heavy atom. The van der Waals surface area contributed by atoms with Gasteiger partial charge in [-0.15, -0.1) is 11.3 Å². The highest BCUT2D eigenvalue weighted by atomic mass is 32.1. The van der Waals surface area contributed by atoms with Crippen LogP contribution in [0.3, 0.4) is 0 Å². The molecule has 0 saturated heterocycles. The summed E-state index contributed by atoms with van der Waals surface area (Å²) in [6.07, 6.45) is 0. The Morgan fingerprint density at radius 1 is 1.50 bits per heavy atom. The van der Waals surface area contributed by atoms with E-state index in [-0.39, 0.29) is 18.2 Å². The molecule has 0 radical (unpaired) electrons. The Morgan fingerprint density at radius 3 is 2.50 bits per heavy atom. The van der Waals surface area contributed by atoms with Crippen molar-refractivity contribution < 1.29 is 9.59 Å². The molecule has 14 heavy (non-hydrogen) atoms. The molecule has 1 aromatic heterocycles. The summed E-state index contributed by atoms with van der Waals surface area (Å²) in [6, 6.07) is 0. The Balaban J connectivity index is 2.94. The van der Waals surface area contributed by atoms with Gasteiger partial charge in [-0.05, 0) is 13.8 Å². The van der Waals surface area contributed by atoms with Crippen LogP contribution in [-0.4, -0.2) is 23.2 Å². The average molecular weight is 212 g/mol. The summed E-state index contributed by atoms with van der Waals surface area (Å²) in [5.41, 5.74) is 2.45. The van der Waals surface area contributed by atoms with Crippen molar-refractivity contribution in [3.05, 3.63) is 11.2 Å². The molecule has 0 fully saturated rings. The number of nitrogens with zero attached hydrogens (tertiary/aromatic N) is 2. The van der Waals surface area contributed by atoms with E-state index in [2.05, 4.69) is 4.98 Å². The molecule has 0 aliphatic rings. The number of hydrogen-bond acceptors (Lipinski definition) is 4. The lowest BCUT2D eigenvalue weighted by atomic mass is 10.3. The molecule has 0 unspecified atom stereocenters. The molecule has 0 aliphatic heterocycles. The molecule has 0 aromatic carbocycles. The second-order valence-electron chi connectivity index (χ2n) is 3.05. The van der Waals surface area contributed by atoms with Crippen molar-refractivity contribution in [1.82, 2.24) is 4.98 Å². The number of carbonyl (C=O) groups is 2. The van der Waals surface area contributed by atoms with Crippen LogP contribution in [0.1, 0.15) is 19.5 Å². The third-order valence-corrected chi connectivity index (χ3v) is 2.68. The lowest BCUT2D eigenvalue weighted by molar-refractivity contribution is -0.120. The maximum absolute atomic E-state index is 11.3. The third kappa shape index (κ3) is 2.38. The highest BCUT2D eigenvalue weighted by Crippen LogP contribution is 2.24. The van der Waals surface area contributed by atoms with Gasteiger partial charge in [0.2, 0.25) is 5.91 Å². The summed E-state index contributed by atoms with van der Waals surface area (Å²) < 4.78 is 0. The highest BCUT2D eigenvalue weighted by Gasteiger charge is 2.17. The van der Waals surface area contributed by atoms with Gasteiger partial charge in [-0.1, -0.05) is 0 Å². The number of ketones is 1. The van der Waals surface area contributed by atoms with E-state index >= 15 is 0 Å². The summed E-state index contributed by atoms with van der Waals surface area (Å²) in [7, 11) is 0. The summed E-state index contributed by atoms with van der Waals surface area (Å²) in [5.74, 6) is -0.166. The van der Waals surface area contributed by atoms with E-state index in [1.807, 2.05) is 6.92 Å². The van der Waals surface area contributed by atoms with Gasteiger partial charge < -0.3 is 0 Å². The molecule has 0 atom stereocenters. The number of hydrogen-bond donors (Lipinski definition) is 0. The Hall–Kier alpha value is -1.23. The maximum atomic E-state index is 11.3. The van der Waals surface area contributed by atoms with Crippen molar-refractivity contribution in [3.8, 4) is 0 Å². The van der Waals surface area contributed by atoms with Gasteiger partial charge in [-0.25, -0.2) is 4.98 Å². The van der Waals surface area contributed by atoms with Crippen LogP contribution in [-0.2, 0) is 9.59 Å². The molecular weight excluding hydrogens is 200 g/mol. The van der Waals surface area contributed by atoms with Crippen LogP contribution in [0.25, 0.3) is 0 Å². The zero-order valence-corrected chi connectivity index (χ0v) is 9.22. The second kappa shape index (κ2) is 4.32. The van der Waals surface area contributed by atoms with E-state index in [1.54, 1.807) is 5.51 Å². The van der Waals surface area contributed by atoms with Gasteiger partial charge >= 0.3 is 0 Å². The van der Waals surface area contributed by atoms with Gasteiger partial charge in [-0.2, -0.15) is 0 Å². The number of aryl methyl sites for hydroxylation is 1. The van der Waals surface area contributed by atoms with Crippen molar-refractivity contribution in [1.29, 1.82) is 0 Å². The van der Waals surface area contributed by atoms with E-state index in [1.165, 1.54) is 30.1 Å². The first kappa shape index (κ1) is 10.8. The fourth-order valence-corrected chi connectivity index (χ4v) is 1.96. The molecule has 76 valence electrons. The molecular formula is C9H12N2O2S. The minimum absolute atomic E-state index is 0.0343. The monoisotopic (exact) mass is 212 g/mol. The van der Waals surface area contributed by atoms with Crippen molar-refractivity contribution in [2.24, 2.45) is 0 Å². The second-order valence-corrected chi connectivity index (χ2v) is 3.88. The van der Waals surface area contributed by atoms with Crippen LogP contribution < -0.4 is 4.90 Å². The van der Waals surface area contributed by atoms with Crippen LogP contribution in [0.2, 0.25) is 0 Å². The molecule has 0 spiro atoms. The van der Waals surface area contributed by atoms with Crippen LogP contribution >= 0.6 is 11.3 Å². The standard InChI is InChI=1S/C9H12N2O2S/c1-6(12)4-11(8(3)13)9-7(2)10-5-14-9/h5H,4H2,1-3H3. The van der Waals surface area contributed by atoms with E-state index in [0.29, 0.717) is 0 Å². The van der Waals surface area contributed by atoms with Crippen molar-refractivity contribution >= 4 is 28.0 Å². The summed E-state index contributed by atoms with van der Waals surface area (Å²) in [4.78, 5) is 27.7. The minimum Gasteiger partial charge on any atom is -0.298 e. The van der Waals surface area contributed by atoms with Gasteiger partial charge in [0.15, 0.2) is 0 Å². The molecule has 1 heterocycles. The van der Waals surface area contributed by atoms with Crippen molar-refractivity contribution in [2.75, 3.05) is 11.4 Å². The largest absolute Gasteiger partial charge is 0.298 e. The number of amides is 1. The zero-order chi connectivity index (χ0) is 10.7. The fraction of sp³-hybridized carbons (Fsp3) is 0.444. The van der Waals surface area contributed by atoms with Gasteiger partial charge in [0.1, 0.15) is 10.8 Å². The molecule has 0 bridgehead atoms. The van der Waals surface area contributed by atoms with Gasteiger partial charge in [0.05, 0.1) is 17.7 Å². The quantitative estimate of drug-likeness (QED) is 0.760. The number of anilines is 1.